The van der Waals surface area contributed by atoms with Crippen LogP contribution in [0.3, 0.4) is 0 Å². The molecule has 0 bridgehead atoms. The zero-order valence-electron chi connectivity index (χ0n) is 9.62. The Morgan fingerprint density at radius 1 is 0.786 bits per heavy atom. The molecule has 0 atom stereocenters. The Kier molecular flexibility index (Phi) is 9.84. The van der Waals surface area contributed by atoms with Crippen molar-refractivity contribution >= 4 is 31.9 Å². The molecule has 0 aromatic carbocycles. The van der Waals surface area contributed by atoms with E-state index < -0.39 is 0 Å². The zero-order chi connectivity index (χ0) is 10.9. The van der Waals surface area contributed by atoms with Crippen LogP contribution in [0.2, 0.25) is 0 Å². The standard InChI is InChI=1S/C12H24Br2/c1-3-5-6-7-9-12(10-13,11-14)8-4-2/h3-11H2,1-2H3. The minimum atomic E-state index is 0.516. The molecule has 0 saturated carbocycles. The van der Waals surface area contributed by atoms with E-state index in [0.29, 0.717) is 5.41 Å². The van der Waals surface area contributed by atoms with Gasteiger partial charge in [0.2, 0.25) is 0 Å². The van der Waals surface area contributed by atoms with Crippen molar-refractivity contribution in [3.8, 4) is 0 Å². The third-order valence-electron chi connectivity index (χ3n) is 2.91. The summed E-state index contributed by atoms with van der Waals surface area (Å²) in [6, 6.07) is 0. The van der Waals surface area contributed by atoms with Gasteiger partial charge in [0.25, 0.3) is 0 Å². The van der Waals surface area contributed by atoms with Crippen LogP contribution in [-0.4, -0.2) is 10.7 Å². The zero-order valence-corrected chi connectivity index (χ0v) is 12.8. The van der Waals surface area contributed by atoms with Gasteiger partial charge in [0.1, 0.15) is 0 Å². The average Bonchev–Trinajstić information content (AvgIpc) is 2.23. The first-order valence-electron chi connectivity index (χ1n) is 5.86. The van der Waals surface area contributed by atoms with Gasteiger partial charge in [0.05, 0.1) is 0 Å². The molecule has 0 aliphatic rings. The fourth-order valence-corrected chi connectivity index (χ4v) is 3.94. The van der Waals surface area contributed by atoms with Crippen molar-refractivity contribution in [1.82, 2.24) is 0 Å². The van der Waals surface area contributed by atoms with E-state index in [-0.39, 0.29) is 0 Å². The second kappa shape index (κ2) is 9.21. The highest BCUT2D eigenvalue weighted by Crippen LogP contribution is 2.34. The summed E-state index contributed by atoms with van der Waals surface area (Å²) in [6.07, 6.45) is 9.54. The smallest absolute Gasteiger partial charge is 0.00959 e. The van der Waals surface area contributed by atoms with Gasteiger partial charge in [-0.05, 0) is 18.3 Å². The summed E-state index contributed by atoms with van der Waals surface area (Å²) in [5.41, 5.74) is 0.516. The SMILES string of the molecule is CCCCCCC(CBr)(CBr)CCC. The van der Waals surface area contributed by atoms with E-state index in [1.54, 1.807) is 0 Å². The first kappa shape index (κ1) is 15.0. The number of alkyl halides is 2. The average molecular weight is 328 g/mol. The molecule has 0 amide bonds. The van der Waals surface area contributed by atoms with Gasteiger partial charge in [-0.25, -0.2) is 0 Å². The molecule has 0 nitrogen and oxygen atoms in total. The first-order chi connectivity index (χ1) is 6.74. The van der Waals surface area contributed by atoms with Crippen molar-refractivity contribution in [1.29, 1.82) is 0 Å². The lowest BCUT2D eigenvalue weighted by molar-refractivity contribution is 0.312. The Hall–Kier alpha value is 0.960. The Labute approximate surface area is 106 Å². The molecule has 0 aromatic rings. The van der Waals surface area contributed by atoms with Gasteiger partial charge in [-0.3, -0.25) is 0 Å². The molecule has 0 aromatic heterocycles. The maximum absolute atomic E-state index is 3.67. The van der Waals surface area contributed by atoms with E-state index >= 15 is 0 Å². The van der Waals surface area contributed by atoms with E-state index in [1.807, 2.05) is 0 Å². The number of halogens is 2. The van der Waals surface area contributed by atoms with Crippen LogP contribution in [0.15, 0.2) is 0 Å². The molecule has 14 heavy (non-hydrogen) atoms. The van der Waals surface area contributed by atoms with Gasteiger partial charge in [-0.2, -0.15) is 0 Å². The summed E-state index contributed by atoms with van der Waals surface area (Å²) in [4.78, 5) is 0. The largest absolute Gasteiger partial charge is 0.0922 e. The van der Waals surface area contributed by atoms with Crippen LogP contribution in [0.5, 0.6) is 0 Å². The predicted octanol–water partition coefficient (Wildman–Crippen LogP) is 5.53. The number of unbranched alkanes of at least 4 members (excludes halogenated alkanes) is 3. The third kappa shape index (κ3) is 5.75. The van der Waals surface area contributed by atoms with Crippen molar-refractivity contribution in [2.45, 2.75) is 58.8 Å². The maximum Gasteiger partial charge on any atom is 0.00959 e. The molecule has 0 unspecified atom stereocenters. The van der Waals surface area contributed by atoms with Crippen LogP contribution >= 0.6 is 31.9 Å². The Balaban J connectivity index is 3.82. The van der Waals surface area contributed by atoms with Crippen molar-refractivity contribution in [2.24, 2.45) is 5.41 Å². The molecule has 0 heterocycles. The fourth-order valence-electron chi connectivity index (χ4n) is 1.89. The normalized spacial score (nSPS) is 12.0. The lowest BCUT2D eigenvalue weighted by Crippen LogP contribution is -2.24. The molecule has 2 heteroatoms. The van der Waals surface area contributed by atoms with Gasteiger partial charge >= 0.3 is 0 Å². The Morgan fingerprint density at radius 2 is 1.43 bits per heavy atom. The van der Waals surface area contributed by atoms with Crippen LogP contribution < -0.4 is 0 Å². The van der Waals surface area contributed by atoms with Crippen molar-refractivity contribution < 1.29 is 0 Å². The molecule has 0 aliphatic carbocycles. The van der Waals surface area contributed by atoms with E-state index in [2.05, 4.69) is 45.7 Å². The third-order valence-corrected chi connectivity index (χ3v) is 5.29. The quantitative estimate of drug-likeness (QED) is 0.385. The van der Waals surface area contributed by atoms with Gasteiger partial charge < -0.3 is 0 Å². The molecule has 0 aliphatic heterocycles. The molecule has 0 saturated heterocycles. The van der Waals surface area contributed by atoms with Crippen molar-refractivity contribution in [3.63, 3.8) is 0 Å². The molecular formula is C12H24Br2. The number of hydrogen-bond acceptors (Lipinski definition) is 0. The molecule has 0 radical (unpaired) electrons. The van der Waals surface area contributed by atoms with Crippen LogP contribution in [0.1, 0.15) is 58.8 Å². The summed E-state index contributed by atoms with van der Waals surface area (Å²) >= 11 is 7.35. The lowest BCUT2D eigenvalue weighted by Gasteiger charge is -2.29. The van der Waals surface area contributed by atoms with Gasteiger partial charge in [0, 0.05) is 10.7 Å². The second-order valence-electron chi connectivity index (χ2n) is 4.33. The minimum absolute atomic E-state index is 0.516. The molecule has 0 N–H and O–H groups in total. The monoisotopic (exact) mass is 326 g/mol. The van der Waals surface area contributed by atoms with E-state index in [1.165, 1.54) is 44.9 Å². The fraction of sp³-hybridized carbons (Fsp3) is 1.00. The van der Waals surface area contributed by atoms with Crippen LogP contribution in [-0.2, 0) is 0 Å². The van der Waals surface area contributed by atoms with Gasteiger partial charge in [-0.1, -0.05) is 77.8 Å². The summed E-state index contributed by atoms with van der Waals surface area (Å²) in [5, 5.41) is 2.29. The summed E-state index contributed by atoms with van der Waals surface area (Å²) in [7, 11) is 0. The maximum atomic E-state index is 3.67. The molecular weight excluding hydrogens is 304 g/mol. The Bertz CT molecular complexity index is 119. The molecule has 0 rings (SSSR count). The lowest BCUT2D eigenvalue weighted by atomic mass is 9.82. The van der Waals surface area contributed by atoms with E-state index in [4.69, 9.17) is 0 Å². The highest BCUT2D eigenvalue weighted by molar-refractivity contribution is 9.09. The highest BCUT2D eigenvalue weighted by atomic mass is 79.9. The molecule has 86 valence electrons. The molecule has 0 spiro atoms. The van der Waals surface area contributed by atoms with Gasteiger partial charge in [0.15, 0.2) is 0 Å². The van der Waals surface area contributed by atoms with E-state index in [0.717, 1.165) is 10.7 Å². The number of hydrogen-bond donors (Lipinski definition) is 0. The summed E-state index contributed by atoms with van der Waals surface area (Å²) in [5.74, 6) is 0. The number of rotatable bonds is 9. The highest BCUT2D eigenvalue weighted by Gasteiger charge is 2.25. The van der Waals surface area contributed by atoms with Crippen LogP contribution in [0.4, 0.5) is 0 Å². The topological polar surface area (TPSA) is 0 Å². The van der Waals surface area contributed by atoms with Crippen LogP contribution in [0, 0.1) is 5.41 Å². The molecule has 0 fully saturated rings. The Morgan fingerprint density at radius 3 is 1.86 bits per heavy atom. The second-order valence-corrected chi connectivity index (χ2v) is 5.45. The first-order valence-corrected chi connectivity index (χ1v) is 8.11. The van der Waals surface area contributed by atoms with Crippen LogP contribution in [0.25, 0.3) is 0 Å². The predicted molar refractivity (Wildman–Crippen MR) is 73.7 cm³/mol. The van der Waals surface area contributed by atoms with Gasteiger partial charge in [-0.15, -0.1) is 0 Å². The van der Waals surface area contributed by atoms with E-state index in [9.17, 15) is 0 Å². The van der Waals surface area contributed by atoms with Crippen molar-refractivity contribution in [2.75, 3.05) is 10.7 Å². The van der Waals surface area contributed by atoms with Crippen molar-refractivity contribution in [3.05, 3.63) is 0 Å². The summed E-state index contributed by atoms with van der Waals surface area (Å²) < 4.78 is 0. The summed E-state index contributed by atoms with van der Waals surface area (Å²) in [6.45, 7) is 4.56. The minimum Gasteiger partial charge on any atom is -0.0922 e.